The topological polar surface area (TPSA) is 89.1 Å². The lowest BCUT2D eigenvalue weighted by Crippen LogP contribution is -2.15. The second kappa shape index (κ2) is 6.72. The number of nitrogens with zero attached hydrogens (tertiary/aromatic N) is 1. The summed E-state index contributed by atoms with van der Waals surface area (Å²) in [6, 6.07) is 5.82. The van der Waals surface area contributed by atoms with Gasteiger partial charge in [-0.3, -0.25) is 0 Å². The molecule has 1 heterocycles. The summed E-state index contributed by atoms with van der Waals surface area (Å²) < 4.78 is 11.0. The number of unbranched alkanes of at least 4 members (excludes halogenated alkanes) is 1. The van der Waals surface area contributed by atoms with Gasteiger partial charge >= 0.3 is 0 Å². The van der Waals surface area contributed by atoms with Crippen molar-refractivity contribution in [3.05, 3.63) is 18.2 Å². The van der Waals surface area contributed by atoms with Crippen molar-refractivity contribution in [3.8, 4) is 11.5 Å². The Hall–Kier alpha value is -2.11. The summed E-state index contributed by atoms with van der Waals surface area (Å²) in [5, 5.41) is 14.6. The number of nitrogens with two attached hydrogens (primary N) is 1. The highest BCUT2D eigenvalue weighted by Gasteiger charge is 2.11. The number of hydrogen-bond acceptors (Lipinski definition) is 5. The first kappa shape index (κ1) is 13.3. The highest BCUT2D eigenvalue weighted by Crippen LogP contribution is 2.32. The molecule has 6 nitrogen and oxygen atoms in total. The molecule has 6 heteroatoms. The molecule has 1 aliphatic rings. The second-order valence-corrected chi connectivity index (χ2v) is 4.33. The van der Waals surface area contributed by atoms with E-state index in [0.29, 0.717) is 19.6 Å². The molecule has 0 saturated carbocycles. The number of nitrogens with one attached hydrogen (secondary N) is 1. The molecule has 19 heavy (non-hydrogen) atoms. The van der Waals surface area contributed by atoms with E-state index < -0.39 is 0 Å². The van der Waals surface area contributed by atoms with Crippen LogP contribution in [-0.4, -0.2) is 30.8 Å². The molecule has 0 amide bonds. The van der Waals surface area contributed by atoms with Crippen LogP contribution in [0.5, 0.6) is 11.5 Å². The van der Waals surface area contributed by atoms with E-state index in [9.17, 15) is 0 Å². The van der Waals surface area contributed by atoms with Gasteiger partial charge in [0.15, 0.2) is 11.5 Å². The molecule has 0 unspecified atom stereocenters. The highest BCUT2D eigenvalue weighted by atomic mass is 16.6. The molecular weight excluding hydrogens is 246 g/mol. The van der Waals surface area contributed by atoms with Gasteiger partial charge in [0, 0.05) is 24.7 Å². The summed E-state index contributed by atoms with van der Waals surface area (Å²) in [5.41, 5.74) is 6.40. The second-order valence-electron chi connectivity index (χ2n) is 4.33. The lowest BCUT2D eigenvalue weighted by Gasteiger charge is -2.19. The summed E-state index contributed by atoms with van der Waals surface area (Å²) in [5.74, 6) is 1.86. The summed E-state index contributed by atoms with van der Waals surface area (Å²) in [6.07, 6.45) is 2.44. The van der Waals surface area contributed by atoms with Gasteiger partial charge in [0.1, 0.15) is 19.0 Å². The predicted molar refractivity (Wildman–Crippen MR) is 73.2 cm³/mol. The van der Waals surface area contributed by atoms with E-state index >= 15 is 0 Å². The van der Waals surface area contributed by atoms with Crippen molar-refractivity contribution in [3.63, 3.8) is 0 Å². The Bertz CT molecular complexity index is 449. The van der Waals surface area contributed by atoms with Crippen LogP contribution in [0.1, 0.15) is 19.3 Å². The monoisotopic (exact) mass is 265 g/mol. The van der Waals surface area contributed by atoms with Gasteiger partial charge < -0.3 is 25.7 Å². The molecule has 0 fully saturated rings. The summed E-state index contributed by atoms with van der Waals surface area (Å²) in [6.45, 7) is 2.03. The van der Waals surface area contributed by atoms with Crippen molar-refractivity contribution in [1.29, 1.82) is 0 Å². The Morgan fingerprint density at radius 2 is 2.05 bits per heavy atom. The van der Waals surface area contributed by atoms with Crippen molar-refractivity contribution < 1.29 is 14.7 Å². The maximum atomic E-state index is 8.40. The summed E-state index contributed by atoms with van der Waals surface area (Å²) >= 11 is 0. The van der Waals surface area contributed by atoms with Gasteiger partial charge in [-0.1, -0.05) is 5.16 Å². The number of fused-ring (bicyclic) bond motifs is 1. The van der Waals surface area contributed by atoms with Gasteiger partial charge in [0.25, 0.3) is 0 Å². The number of ether oxygens (including phenoxy) is 2. The molecule has 0 aromatic heterocycles. The Labute approximate surface area is 112 Å². The molecule has 0 radical (unpaired) electrons. The van der Waals surface area contributed by atoms with E-state index in [0.717, 1.165) is 36.6 Å². The van der Waals surface area contributed by atoms with Crippen LogP contribution in [0.15, 0.2) is 23.4 Å². The SMILES string of the molecule is NC(CCCCNc1ccc2c(c1)OCCO2)=NO. The van der Waals surface area contributed by atoms with E-state index in [1.807, 2.05) is 18.2 Å². The quantitative estimate of drug-likeness (QED) is 0.240. The molecule has 2 rings (SSSR count). The molecule has 0 bridgehead atoms. The Morgan fingerprint density at radius 3 is 2.84 bits per heavy atom. The molecule has 0 aliphatic carbocycles. The minimum absolute atomic E-state index is 0.277. The minimum atomic E-state index is 0.277. The number of oxime groups is 1. The third-order valence-electron chi connectivity index (χ3n) is 2.86. The van der Waals surface area contributed by atoms with Crippen LogP contribution < -0.4 is 20.5 Å². The molecule has 0 spiro atoms. The first-order valence-electron chi connectivity index (χ1n) is 6.39. The zero-order valence-electron chi connectivity index (χ0n) is 10.8. The van der Waals surface area contributed by atoms with E-state index in [4.69, 9.17) is 20.4 Å². The number of rotatable bonds is 6. The molecule has 1 aromatic carbocycles. The van der Waals surface area contributed by atoms with Crippen molar-refractivity contribution in [2.45, 2.75) is 19.3 Å². The smallest absolute Gasteiger partial charge is 0.163 e. The zero-order chi connectivity index (χ0) is 13.5. The van der Waals surface area contributed by atoms with Crippen molar-refractivity contribution in [2.75, 3.05) is 25.1 Å². The molecule has 0 saturated heterocycles. The van der Waals surface area contributed by atoms with Crippen LogP contribution in [0, 0.1) is 0 Å². The minimum Gasteiger partial charge on any atom is -0.486 e. The summed E-state index contributed by atoms with van der Waals surface area (Å²) in [7, 11) is 0. The Morgan fingerprint density at radius 1 is 1.26 bits per heavy atom. The highest BCUT2D eigenvalue weighted by molar-refractivity contribution is 5.79. The normalized spacial score (nSPS) is 14.2. The molecule has 0 atom stereocenters. The number of hydrogen-bond donors (Lipinski definition) is 3. The van der Waals surface area contributed by atoms with Crippen molar-refractivity contribution >= 4 is 11.5 Å². The molecule has 1 aliphatic heterocycles. The standard InChI is InChI=1S/C13H19N3O3/c14-13(16-17)3-1-2-6-15-10-4-5-11-12(9-10)19-8-7-18-11/h4-5,9,15,17H,1-3,6-8H2,(H2,14,16). The van der Waals surface area contributed by atoms with Crippen LogP contribution >= 0.6 is 0 Å². The first-order valence-corrected chi connectivity index (χ1v) is 6.39. The maximum absolute atomic E-state index is 8.40. The van der Waals surface area contributed by atoms with E-state index in [-0.39, 0.29) is 5.84 Å². The van der Waals surface area contributed by atoms with Gasteiger partial charge in [-0.15, -0.1) is 0 Å². The van der Waals surface area contributed by atoms with Crippen LogP contribution in [0.4, 0.5) is 5.69 Å². The van der Waals surface area contributed by atoms with Gasteiger partial charge in [-0.2, -0.15) is 0 Å². The van der Waals surface area contributed by atoms with Crippen LogP contribution in [0.2, 0.25) is 0 Å². The van der Waals surface area contributed by atoms with Crippen LogP contribution in [0.25, 0.3) is 0 Å². The van der Waals surface area contributed by atoms with Crippen LogP contribution in [-0.2, 0) is 0 Å². The lowest BCUT2D eigenvalue weighted by atomic mass is 10.2. The van der Waals surface area contributed by atoms with E-state index in [1.54, 1.807) is 0 Å². The number of amidine groups is 1. The van der Waals surface area contributed by atoms with Crippen LogP contribution in [0.3, 0.4) is 0 Å². The third-order valence-corrected chi connectivity index (χ3v) is 2.86. The fourth-order valence-electron chi connectivity index (χ4n) is 1.87. The number of benzene rings is 1. The van der Waals surface area contributed by atoms with Gasteiger partial charge in [0.2, 0.25) is 0 Å². The Kier molecular flexibility index (Phi) is 4.72. The van der Waals surface area contributed by atoms with Gasteiger partial charge in [0.05, 0.1) is 0 Å². The van der Waals surface area contributed by atoms with Gasteiger partial charge in [-0.25, -0.2) is 0 Å². The molecular formula is C13H19N3O3. The predicted octanol–water partition coefficient (Wildman–Crippen LogP) is 1.79. The van der Waals surface area contributed by atoms with E-state index in [1.165, 1.54) is 0 Å². The van der Waals surface area contributed by atoms with E-state index in [2.05, 4.69) is 10.5 Å². The maximum Gasteiger partial charge on any atom is 0.163 e. The van der Waals surface area contributed by atoms with Gasteiger partial charge in [-0.05, 0) is 25.0 Å². The molecule has 104 valence electrons. The third kappa shape index (κ3) is 3.94. The Balaban J connectivity index is 1.74. The molecule has 4 N–H and O–H groups in total. The van der Waals surface area contributed by atoms with Crippen molar-refractivity contribution in [2.24, 2.45) is 10.9 Å². The lowest BCUT2D eigenvalue weighted by molar-refractivity contribution is 0.171. The van der Waals surface area contributed by atoms with Crippen molar-refractivity contribution in [1.82, 2.24) is 0 Å². The number of anilines is 1. The fraction of sp³-hybridized carbons (Fsp3) is 0.462. The molecule has 1 aromatic rings. The summed E-state index contributed by atoms with van der Waals surface area (Å²) in [4.78, 5) is 0. The average Bonchev–Trinajstić information content (AvgIpc) is 2.46. The average molecular weight is 265 g/mol. The fourth-order valence-corrected chi connectivity index (χ4v) is 1.87. The largest absolute Gasteiger partial charge is 0.486 e. The zero-order valence-corrected chi connectivity index (χ0v) is 10.8. The first-order chi connectivity index (χ1) is 9.29.